The SMILES string of the molecule is C#Cc1ccc(C2CC(O)CC(CC)C2)cc1Cc1ccc(CCC)cc1. The molecule has 142 valence electrons. The molecule has 27 heavy (non-hydrogen) atoms. The molecule has 1 saturated carbocycles. The Morgan fingerprint density at radius 1 is 1.00 bits per heavy atom. The Hall–Kier alpha value is -2.04. The van der Waals surface area contributed by atoms with E-state index in [1.807, 2.05) is 0 Å². The molecule has 3 unspecified atom stereocenters. The fraction of sp³-hybridized carbons (Fsp3) is 0.462. The van der Waals surface area contributed by atoms with E-state index in [1.54, 1.807) is 0 Å². The number of terminal acetylenes is 1. The second kappa shape index (κ2) is 9.25. The van der Waals surface area contributed by atoms with Gasteiger partial charge in [0.1, 0.15) is 0 Å². The zero-order valence-corrected chi connectivity index (χ0v) is 16.7. The first-order valence-electron chi connectivity index (χ1n) is 10.5. The molecule has 0 bridgehead atoms. The highest BCUT2D eigenvalue weighted by molar-refractivity contribution is 5.45. The van der Waals surface area contributed by atoms with Gasteiger partial charge in [-0.05, 0) is 72.3 Å². The Morgan fingerprint density at radius 2 is 1.74 bits per heavy atom. The first kappa shape index (κ1) is 19.7. The van der Waals surface area contributed by atoms with Crippen molar-refractivity contribution in [1.82, 2.24) is 0 Å². The minimum Gasteiger partial charge on any atom is -0.393 e. The molecule has 1 nitrogen and oxygen atoms in total. The standard InChI is InChI=1S/C26H32O/c1-4-7-20-8-10-21(11-9-20)15-24-17-23(13-12-22(24)6-3)25-14-19(5-2)16-26(27)18-25/h3,8-13,17,19,25-27H,4-5,7,14-16,18H2,1-2H3. The summed E-state index contributed by atoms with van der Waals surface area (Å²) in [6.45, 7) is 4.44. The predicted molar refractivity (Wildman–Crippen MR) is 114 cm³/mol. The number of aliphatic hydroxyl groups excluding tert-OH is 1. The molecule has 0 saturated heterocycles. The number of hydrogen-bond acceptors (Lipinski definition) is 1. The van der Waals surface area contributed by atoms with Gasteiger partial charge in [0.05, 0.1) is 6.10 Å². The summed E-state index contributed by atoms with van der Waals surface area (Å²) in [7, 11) is 0. The van der Waals surface area contributed by atoms with Crippen LogP contribution in [-0.4, -0.2) is 11.2 Å². The molecular formula is C26H32O. The highest BCUT2D eigenvalue weighted by atomic mass is 16.3. The lowest BCUT2D eigenvalue weighted by molar-refractivity contribution is 0.0881. The first-order chi connectivity index (χ1) is 13.1. The van der Waals surface area contributed by atoms with Gasteiger partial charge in [-0.3, -0.25) is 0 Å². The smallest absolute Gasteiger partial charge is 0.0548 e. The van der Waals surface area contributed by atoms with Crippen LogP contribution in [0.5, 0.6) is 0 Å². The Balaban J connectivity index is 1.82. The van der Waals surface area contributed by atoms with Crippen LogP contribution in [0.4, 0.5) is 0 Å². The van der Waals surface area contributed by atoms with Gasteiger partial charge >= 0.3 is 0 Å². The summed E-state index contributed by atoms with van der Waals surface area (Å²) in [4.78, 5) is 0. The van der Waals surface area contributed by atoms with Crippen molar-refractivity contribution in [3.8, 4) is 12.3 Å². The van der Waals surface area contributed by atoms with Crippen LogP contribution >= 0.6 is 0 Å². The highest BCUT2D eigenvalue weighted by Crippen LogP contribution is 2.38. The van der Waals surface area contributed by atoms with Crippen molar-refractivity contribution in [1.29, 1.82) is 0 Å². The average molecular weight is 361 g/mol. The van der Waals surface area contributed by atoms with Crippen molar-refractivity contribution >= 4 is 0 Å². The van der Waals surface area contributed by atoms with Crippen LogP contribution in [0.2, 0.25) is 0 Å². The van der Waals surface area contributed by atoms with Crippen molar-refractivity contribution in [2.45, 2.75) is 70.8 Å². The highest BCUT2D eigenvalue weighted by Gasteiger charge is 2.28. The van der Waals surface area contributed by atoms with Gasteiger partial charge in [0.25, 0.3) is 0 Å². The Bertz CT molecular complexity index is 781. The fourth-order valence-electron chi connectivity index (χ4n) is 4.50. The van der Waals surface area contributed by atoms with Crippen molar-refractivity contribution in [3.63, 3.8) is 0 Å². The number of hydrogen-bond donors (Lipinski definition) is 1. The van der Waals surface area contributed by atoms with E-state index in [-0.39, 0.29) is 6.10 Å². The van der Waals surface area contributed by atoms with Crippen LogP contribution in [0.3, 0.4) is 0 Å². The largest absolute Gasteiger partial charge is 0.393 e. The quantitative estimate of drug-likeness (QED) is 0.639. The lowest BCUT2D eigenvalue weighted by atomic mass is 9.75. The summed E-state index contributed by atoms with van der Waals surface area (Å²) in [5.74, 6) is 3.92. The maximum Gasteiger partial charge on any atom is 0.0548 e. The third-order valence-corrected chi connectivity index (χ3v) is 6.07. The molecule has 3 atom stereocenters. The van der Waals surface area contributed by atoms with E-state index < -0.39 is 0 Å². The maximum atomic E-state index is 10.3. The summed E-state index contributed by atoms with van der Waals surface area (Å²) < 4.78 is 0. The molecule has 1 heteroatoms. The molecule has 2 aromatic rings. The van der Waals surface area contributed by atoms with E-state index in [0.29, 0.717) is 11.8 Å². The van der Waals surface area contributed by atoms with Crippen molar-refractivity contribution in [2.75, 3.05) is 0 Å². The molecule has 0 aromatic heterocycles. The van der Waals surface area contributed by atoms with Crippen LogP contribution in [0.1, 0.15) is 79.7 Å². The Labute approximate surface area is 164 Å². The molecule has 0 amide bonds. The maximum absolute atomic E-state index is 10.3. The molecule has 1 N–H and O–H groups in total. The van der Waals surface area contributed by atoms with Gasteiger partial charge in [0, 0.05) is 5.56 Å². The van der Waals surface area contributed by atoms with Crippen molar-refractivity contribution in [2.24, 2.45) is 5.92 Å². The summed E-state index contributed by atoms with van der Waals surface area (Å²) in [6.07, 6.45) is 12.9. The van der Waals surface area contributed by atoms with Gasteiger partial charge in [0.2, 0.25) is 0 Å². The van der Waals surface area contributed by atoms with E-state index in [9.17, 15) is 5.11 Å². The number of rotatable bonds is 6. The molecule has 0 spiro atoms. The van der Waals surface area contributed by atoms with E-state index in [4.69, 9.17) is 6.42 Å². The van der Waals surface area contributed by atoms with Gasteiger partial charge in [-0.1, -0.05) is 69.0 Å². The summed E-state index contributed by atoms with van der Waals surface area (Å²) in [5.41, 5.74) is 6.25. The molecule has 1 aliphatic rings. The topological polar surface area (TPSA) is 20.2 Å². The molecule has 2 aromatic carbocycles. The number of aliphatic hydroxyl groups is 1. The molecule has 0 aliphatic heterocycles. The normalized spacial score (nSPS) is 22.4. The lowest BCUT2D eigenvalue weighted by Crippen LogP contribution is -2.25. The predicted octanol–water partition coefficient (Wildman–Crippen LogP) is 5.87. The van der Waals surface area contributed by atoms with Crippen LogP contribution < -0.4 is 0 Å². The summed E-state index contributed by atoms with van der Waals surface area (Å²) >= 11 is 0. The van der Waals surface area contributed by atoms with Crippen molar-refractivity contribution in [3.05, 3.63) is 70.3 Å². The van der Waals surface area contributed by atoms with E-state index in [0.717, 1.165) is 37.7 Å². The number of aryl methyl sites for hydroxylation is 1. The van der Waals surface area contributed by atoms with Crippen molar-refractivity contribution < 1.29 is 5.11 Å². The van der Waals surface area contributed by atoms with Crippen LogP contribution in [0.25, 0.3) is 0 Å². The summed E-state index contributed by atoms with van der Waals surface area (Å²) in [5, 5.41) is 10.3. The second-order valence-corrected chi connectivity index (χ2v) is 8.14. The number of benzene rings is 2. The van der Waals surface area contributed by atoms with Gasteiger partial charge in [-0.2, -0.15) is 0 Å². The molecule has 3 rings (SSSR count). The third-order valence-electron chi connectivity index (χ3n) is 6.07. The Kier molecular flexibility index (Phi) is 6.75. The lowest BCUT2D eigenvalue weighted by Gasteiger charge is -2.32. The van der Waals surface area contributed by atoms with E-state index in [2.05, 4.69) is 62.2 Å². The molecule has 0 radical (unpaired) electrons. The Morgan fingerprint density at radius 3 is 2.41 bits per heavy atom. The average Bonchev–Trinajstić information content (AvgIpc) is 2.69. The molecule has 1 aliphatic carbocycles. The van der Waals surface area contributed by atoms with E-state index in [1.165, 1.54) is 35.1 Å². The first-order valence-corrected chi connectivity index (χ1v) is 10.5. The molecular weight excluding hydrogens is 328 g/mol. The minimum atomic E-state index is -0.171. The fourth-order valence-corrected chi connectivity index (χ4v) is 4.50. The zero-order chi connectivity index (χ0) is 19.2. The van der Waals surface area contributed by atoms with Crippen LogP contribution in [0.15, 0.2) is 42.5 Å². The zero-order valence-electron chi connectivity index (χ0n) is 16.7. The molecule has 0 heterocycles. The van der Waals surface area contributed by atoms with E-state index >= 15 is 0 Å². The van der Waals surface area contributed by atoms with Gasteiger partial charge in [-0.15, -0.1) is 6.42 Å². The minimum absolute atomic E-state index is 0.171. The molecule has 1 fully saturated rings. The third kappa shape index (κ3) is 5.02. The van der Waals surface area contributed by atoms with Gasteiger partial charge < -0.3 is 5.11 Å². The van der Waals surface area contributed by atoms with Gasteiger partial charge in [0.15, 0.2) is 0 Å². The van der Waals surface area contributed by atoms with Gasteiger partial charge in [-0.25, -0.2) is 0 Å². The monoisotopic (exact) mass is 360 g/mol. The second-order valence-electron chi connectivity index (χ2n) is 8.14. The van der Waals surface area contributed by atoms with Crippen LogP contribution in [-0.2, 0) is 12.8 Å². The van der Waals surface area contributed by atoms with Crippen LogP contribution in [0, 0.1) is 18.3 Å². The summed E-state index contributed by atoms with van der Waals surface area (Å²) in [6, 6.07) is 15.5.